The number of esters is 2. The highest BCUT2D eigenvalue weighted by atomic mass is 19.1. The number of halogens is 2. The Morgan fingerprint density at radius 3 is 1.56 bits per heavy atom. The molecule has 4 atom stereocenters. The number of hydrogen-bond acceptors (Lipinski definition) is 19. The van der Waals surface area contributed by atoms with Crippen molar-refractivity contribution in [1.82, 2.24) is 50.2 Å². The van der Waals surface area contributed by atoms with Crippen molar-refractivity contribution in [3.05, 3.63) is 179 Å². The maximum absolute atomic E-state index is 15.4. The molecular weight excluding hydrogens is 1390 g/mol. The third-order valence-electron chi connectivity index (χ3n) is 22.3. The summed E-state index contributed by atoms with van der Waals surface area (Å²) in [6.45, 7) is 19.7. The Bertz CT molecular complexity index is 5080. The molecule has 2 saturated heterocycles. The average molecular weight is 1480 g/mol. The zero-order valence-electron chi connectivity index (χ0n) is 62.1. The van der Waals surface area contributed by atoms with E-state index in [0.29, 0.717) is 113 Å². The number of piperazine rings is 2. The van der Waals surface area contributed by atoms with Crippen LogP contribution in [0.2, 0.25) is 0 Å². The number of carbonyl (C=O) groups is 6. The van der Waals surface area contributed by atoms with E-state index in [0.717, 1.165) is 64.1 Å². The van der Waals surface area contributed by atoms with Gasteiger partial charge in [-0.25, -0.2) is 28.3 Å². The highest BCUT2D eigenvalue weighted by Gasteiger charge is 2.48. The van der Waals surface area contributed by atoms with Crippen molar-refractivity contribution in [2.45, 2.75) is 117 Å². The highest BCUT2D eigenvalue weighted by Crippen LogP contribution is 2.44. The van der Waals surface area contributed by atoms with Gasteiger partial charge in [-0.05, 0) is 87.2 Å². The number of hydrogen-bond donors (Lipinski definition) is 7. The number of carbonyl (C=O) groups excluding carboxylic acids is 6. The van der Waals surface area contributed by atoms with Gasteiger partial charge in [0.05, 0.1) is 126 Å². The molecule has 4 aromatic heterocycles. The van der Waals surface area contributed by atoms with Crippen LogP contribution in [0.1, 0.15) is 97.5 Å². The molecule has 0 saturated carbocycles. The third kappa shape index (κ3) is 14.5. The van der Waals surface area contributed by atoms with Crippen molar-refractivity contribution in [1.29, 1.82) is 0 Å². The molecule has 6 aliphatic rings. The summed E-state index contributed by atoms with van der Waals surface area (Å²) in [5.74, 6) is -4.66. The molecule has 108 heavy (non-hydrogen) atoms. The summed E-state index contributed by atoms with van der Waals surface area (Å²) in [5, 5.41) is 38.1. The van der Waals surface area contributed by atoms with E-state index in [1.54, 1.807) is 80.2 Å². The maximum atomic E-state index is 15.4. The van der Waals surface area contributed by atoms with Crippen LogP contribution in [0.4, 0.5) is 14.5 Å². The average Bonchev–Trinajstić information content (AvgIpc) is 1.53. The topological polar surface area (TPSA) is 316 Å². The molecule has 0 spiro atoms. The van der Waals surface area contributed by atoms with Crippen molar-refractivity contribution >= 4 is 63.1 Å². The Morgan fingerprint density at radius 2 is 1.11 bits per heavy atom. The number of benzene rings is 3. The van der Waals surface area contributed by atoms with Crippen molar-refractivity contribution in [3.8, 4) is 34.3 Å². The van der Waals surface area contributed by atoms with Gasteiger partial charge in [-0.1, -0.05) is 44.7 Å². The monoisotopic (exact) mass is 1480 g/mol. The lowest BCUT2D eigenvalue weighted by molar-refractivity contribution is -0.926. The molecule has 2 fully saturated rings. The van der Waals surface area contributed by atoms with E-state index in [1.165, 1.54) is 26.4 Å². The van der Waals surface area contributed by atoms with Crippen LogP contribution >= 0.6 is 0 Å². The first-order valence-electron chi connectivity index (χ1n) is 36.3. The molecule has 0 radical (unpaired) electrons. The number of amides is 4. The molecule has 29 heteroatoms. The number of aliphatic hydroxyl groups is 2. The number of rotatable bonds is 24. The lowest BCUT2D eigenvalue weighted by Crippen LogP contribution is -2.57. The van der Waals surface area contributed by atoms with Crippen molar-refractivity contribution in [2.75, 3.05) is 106 Å². The zero-order valence-corrected chi connectivity index (χ0v) is 62.1. The first-order chi connectivity index (χ1) is 51.5. The fourth-order valence-corrected chi connectivity index (χ4v) is 15.7. The van der Waals surface area contributed by atoms with Gasteiger partial charge in [0.2, 0.25) is 23.6 Å². The Kier molecular flexibility index (Phi) is 21.0. The number of aromatic nitrogens is 4. The first-order valence-corrected chi connectivity index (χ1v) is 36.3. The summed E-state index contributed by atoms with van der Waals surface area (Å²) in [5.41, 5.74) is 4.98. The highest BCUT2D eigenvalue weighted by molar-refractivity contribution is 5.98. The lowest BCUT2D eigenvalue weighted by atomic mass is 9.86. The van der Waals surface area contributed by atoms with E-state index in [9.17, 15) is 48.6 Å². The summed E-state index contributed by atoms with van der Waals surface area (Å²) >= 11 is 0. The van der Waals surface area contributed by atoms with Crippen molar-refractivity contribution in [3.63, 3.8) is 0 Å². The van der Waals surface area contributed by atoms with Crippen molar-refractivity contribution < 1.29 is 75.7 Å². The summed E-state index contributed by atoms with van der Waals surface area (Å²) in [4.78, 5) is 121. The fraction of sp³-hybridized carbons (Fsp3) is 0.418. The van der Waals surface area contributed by atoms with E-state index in [1.807, 2.05) is 30.3 Å². The number of anilines is 1. The molecular formula is C79H91F2N13O14+2. The van der Waals surface area contributed by atoms with Crippen LogP contribution in [-0.4, -0.2) is 196 Å². The summed E-state index contributed by atoms with van der Waals surface area (Å²) in [6, 6.07) is 14.9. The number of quaternary nitrogens is 2. The van der Waals surface area contributed by atoms with Gasteiger partial charge in [0.1, 0.15) is 38.4 Å². The van der Waals surface area contributed by atoms with Gasteiger partial charge in [0.25, 0.3) is 11.1 Å². The number of pyridine rings is 4. The second kappa shape index (κ2) is 30.0. The van der Waals surface area contributed by atoms with Gasteiger partial charge < -0.3 is 68.5 Å². The number of methoxy groups -OCH3 is 2. The van der Waals surface area contributed by atoms with Crippen molar-refractivity contribution in [2.24, 2.45) is 0 Å². The van der Waals surface area contributed by atoms with Crippen LogP contribution in [0.15, 0.2) is 106 Å². The Morgan fingerprint density at radius 1 is 0.657 bits per heavy atom. The lowest BCUT2D eigenvalue weighted by Gasteiger charge is -2.42. The van der Waals surface area contributed by atoms with Gasteiger partial charge in [0, 0.05) is 107 Å². The van der Waals surface area contributed by atoms with E-state index in [2.05, 4.69) is 57.1 Å². The fourth-order valence-electron chi connectivity index (χ4n) is 15.7. The second-order valence-electron chi connectivity index (χ2n) is 29.7. The Labute approximate surface area is 622 Å². The second-order valence-corrected chi connectivity index (χ2v) is 29.7. The van der Waals surface area contributed by atoms with E-state index >= 15 is 8.78 Å². The number of cyclic esters (lactones) is 2. The number of fused-ring (bicyclic) bond motifs is 10. The molecule has 0 bridgehead atoms. The molecule has 568 valence electrons. The number of likely N-dealkylation sites (N-methyl/N-ethyl adjacent to an activating group) is 2. The molecule has 10 heterocycles. The first kappa shape index (κ1) is 75.8. The molecule has 4 amide bonds. The minimum absolute atomic E-state index is 0.000599. The predicted molar refractivity (Wildman–Crippen MR) is 396 cm³/mol. The normalized spacial score (nSPS) is 19.9. The smallest absolute Gasteiger partial charge is 0.343 e. The SMILES string of the molecule is C=C/C(=C\C=C(/C)NC(=O)[C@H](C)NC(=O)CNCC(=O)N[C@@H](C)C(=O)Nc1ccc(C[N+]2(C)CCN(Cc3c4c(nc5cc(F)c(OC)cc35)-c3cc5c(c(=O)n3C4)COC(=O)[C@]5(O)CC)CC2)cc1)C[N+]1(C)CCN(Cc2c3c(nc4cc(F)c(OC)cc24)-c2cc4c(c(=O)n2C3)COC(=O)[C@]4(O)CC)CC1. The van der Waals surface area contributed by atoms with Gasteiger partial charge in [0.15, 0.2) is 34.3 Å². The van der Waals surface area contributed by atoms with Crippen LogP contribution in [0, 0.1) is 11.6 Å². The third-order valence-corrected chi connectivity index (χ3v) is 22.3. The number of nitrogens with zero attached hydrogens (tertiary/aromatic N) is 8. The molecule has 3 aromatic carbocycles. The molecule has 13 rings (SSSR count). The Balaban J connectivity index is 0.542. The van der Waals surface area contributed by atoms with Crippen LogP contribution < -0.4 is 47.2 Å². The number of ether oxygens (including phenoxy) is 4. The molecule has 27 nitrogen and oxygen atoms in total. The van der Waals surface area contributed by atoms with Crippen LogP contribution in [0.5, 0.6) is 11.5 Å². The minimum Gasteiger partial charge on any atom is -0.494 e. The number of allylic oxidation sites excluding steroid dienone is 3. The van der Waals surface area contributed by atoms with E-state index < -0.39 is 76.0 Å². The predicted octanol–water partition coefficient (Wildman–Crippen LogP) is 4.86. The van der Waals surface area contributed by atoms with Crippen LogP contribution in [0.3, 0.4) is 0 Å². The number of nitrogens with one attached hydrogen (secondary N) is 5. The summed E-state index contributed by atoms with van der Waals surface area (Å²) < 4.78 is 56.7. The molecule has 0 aliphatic carbocycles. The quantitative estimate of drug-likeness (QED) is 0.0241. The van der Waals surface area contributed by atoms with Gasteiger partial charge in [-0.2, -0.15) is 0 Å². The standard InChI is InChI=1S/C79H89F2N13O14/c1-11-47(40-93(7)24-20-89(21-25-93)36-52-50-28-66(105-9)60(80)32-62(50)87-70-54(52)38-91-64(70)30-58-56(74(91)99)42-107-76(101)78(58,103)12-2)15-14-44(4)83-72(97)45(5)84-68(95)34-82-35-69(96)85-46(6)73(98)86-49-18-16-48(17-19-49)41-94(8)26-22-90(23-27-94)37-53-51-29-67(106-10)61(81)33-63(51)88-71-55(53)39-92-65(71)31-59-57(75(92)100)43-108-77(102)79(59,104)13-3/h11,14-19,28-33,45-46,82,103-104H,1,12-13,20-27,34-43H2,2-10H3,(H2-2,83,84,85,86,95,96,97,98)/p+2/b44-14+,47-15+/t45-,46-,78-,79-/m0/s1. The van der Waals surface area contributed by atoms with Gasteiger partial charge in [-0.15, -0.1) is 0 Å². The molecule has 6 aliphatic heterocycles. The maximum Gasteiger partial charge on any atom is 0.343 e. The van der Waals surface area contributed by atoms with Crippen LogP contribution in [0.25, 0.3) is 44.6 Å². The van der Waals surface area contributed by atoms with Crippen LogP contribution in [-0.2, 0) is 95.4 Å². The molecule has 0 unspecified atom stereocenters. The Hall–Kier alpha value is -10.4. The minimum atomic E-state index is -2.00. The summed E-state index contributed by atoms with van der Waals surface area (Å²) in [6.07, 6.45) is 5.45. The van der Waals surface area contributed by atoms with E-state index in [4.69, 9.17) is 28.9 Å². The molecule has 7 N–H and O–H groups in total. The zero-order chi connectivity index (χ0) is 77.1. The largest absolute Gasteiger partial charge is 0.494 e. The van der Waals surface area contributed by atoms with Gasteiger partial charge in [-0.3, -0.25) is 43.9 Å². The molecule has 7 aromatic rings. The van der Waals surface area contributed by atoms with Gasteiger partial charge >= 0.3 is 11.9 Å². The summed E-state index contributed by atoms with van der Waals surface area (Å²) in [7, 11) is 7.17. The van der Waals surface area contributed by atoms with E-state index in [-0.39, 0.29) is 91.5 Å².